The van der Waals surface area contributed by atoms with Crippen LogP contribution in [0, 0.1) is 52.3 Å². The van der Waals surface area contributed by atoms with E-state index in [0.717, 1.165) is 55.8 Å². The minimum Gasteiger partial charge on any atom is -0.481 e. The number of aliphatic carboxylic acids is 1. The summed E-state index contributed by atoms with van der Waals surface area (Å²) >= 11 is 0. The van der Waals surface area contributed by atoms with Crippen molar-refractivity contribution >= 4 is 5.97 Å². The monoisotopic (exact) mass is 432 g/mol. The minimum absolute atomic E-state index is 0.136. The molecule has 0 aliphatic heterocycles. The molecule has 0 aromatic rings. The maximum Gasteiger partial charge on any atom is 0.310 e. The van der Waals surface area contributed by atoms with Crippen molar-refractivity contribution in [1.29, 1.82) is 0 Å². The van der Waals surface area contributed by atoms with Gasteiger partial charge in [-0.3, -0.25) is 4.79 Å². The Kier molecular flexibility index (Phi) is 6.84. The van der Waals surface area contributed by atoms with Crippen LogP contribution >= 0.6 is 0 Å². The highest BCUT2D eigenvalue weighted by Crippen LogP contribution is 2.68. The van der Waals surface area contributed by atoms with E-state index >= 15 is 0 Å². The average Bonchev–Trinajstić information content (AvgIpc) is 3.09. The van der Waals surface area contributed by atoms with Crippen molar-refractivity contribution in [2.75, 3.05) is 7.11 Å². The summed E-state index contributed by atoms with van der Waals surface area (Å²) in [6, 6.07) is 0. The molecule has 3 nitrogen and oxygen atoms in total. The maximum absolute atomic E-state index is 12.9. The smallest absolute Gasteiger partial charge is 0.310 e. The number of ether oxygens (including phenoxy) is 1. The Morgan fingerprint density at radius 1 is 1.00 bits per heavy atom. The summed E-state index contributed by atoms with van der Waals surface area (Å²) < 4.78 is 5.74. The van der Waals surface area contributed by atoms with Gasteiger partial charge >= 0.3 is 5.97 Å². The number of fused-ring (bicyclic) bond motifs is 5. The van der Waals surface area contributed by atoms with Crippen LogP contribution in [0.2, 0.25) is 0 Å². The van der Waals surface area contributed by atoms with E-state index in [1.165, 1.54) is 44.9 Å². The average molecular weight is 433 g/mol. The molecule has 4 fully saturated rings. The molecule has 0 spiro atoms. The van der Waals surface area contributed by atoms with Gasteiger partial charge in [0, 0.05) is 7.11 Å². The van der Waals surface area contributed by atoms with Crippen molar-refractivity contribution in [1.82, 2.24) is 0 Å². The van der Waals surface area contributed by atoms with Crippen molar-refractivity contribution < 1.29 is 14.6 Å². The fourth-order valence-corrected chi connectivity index (χ4v) is 9.52. The molecule has 0 heterocycles. The molecule has 4 rings (SSSR count). The first kappa shape index (κ1) is 23.6. The van der Waals surface area contributed by atoms with E-state index in [0.29, 0.717) is 23.2 Å². The van der Waals surface area contributed by atoms with Gasteiger partial charge in [-0.1, -0.05) is 47.0 Å². The van der Waals surface area contributed by atoms with E-state index in [1.807, 2.05) is 0 Å². The lowest BCUT2D eigenvalue weighted by Gasteiger charge is -2.60. The molecule has 0 amide bonds. The van der Waals surface area contributed by atoms with E-state index in [-0.39, 0.29) is 6.10 Å². The van der Waals surface area contributed by atoms with Crippen molar-refractivity contribution in [3.05, 3.63) is 0 Å². The number of methoxy groups -OCH3 is 1. The quantitative estimate of drug-likeness (QED) is 0.463. The van der Waals surface area contributed by atoms with Gasteiger partial charge in [0.25, 0.3) is 0 Å². The number of hydrogen-bond donors (Lipinski definition) is 1. The maximum atomic E-state index is 12.9. The molecule has 0 aromatic heterocycles. The molecule has 3 heteroatoms. The van der Waals surface area contributed by atoms with Crippen LogP contribution in [0.15, 0.2) is 0 Å². The molecule has 4 aliphatic carbocycles. The molecule has 4 saturated carbocycles. The Morgan fingerprint density at radius 3 is 2.42 bits per heavy atom. The molecule has 178 valence electrons. The van der Waals surface area contributed by atoms with Gasteiger partial charge in [-0.15, -0.1) is 0 Å². The van der Waals surface area contributed by atoms with E-state index in [4.69, 9.17) is 4.74 Å². The van der Waals surface area contributed by atoms with Gasteiger partial charge in [0.1, 0.15) is 0 Å². The number of carbonyl (C=O) groups is 1. The summed E-state index contributed by atoms with van der Waals surface area (Å²) in [5, 5.41) is 10.6. The van der Waals surface area contributed by atoms with Gasteiger partial charge in [0.05, 0.1) is 11.5 Å². The Bertz CT molecular complexity index is 644. The standard InChI is InChI=1S/C28H48O3/c1-18(2)7-6-8-19(3)23-13-14-24-22-12-10-20-9-11-21(31-5)17-28(20,26(29)30)25(22)15-16-27(23,24)4/h18-25H,6-17H2,1-5H3,(H,29,30)/t19-,20?,21?,22+,23-,24+,25+,27-,28-/m1/s1. The third-order valence-electron chi connectivity index (χ3n) is 11.0. The number of hydrogen-bond acceptors (Lipinski definition) is 2. The van der Waals surface area contributed by atoms with Crippen LogP contribution in [0.4, 0.5) is 0 Å². The van der Waals surface area contributed by atoms with Crippen LogP contribution in [0.25, 0.3) is 0 Å². The second kappa shape index (κ2) is 8.99. The summed E-state index contributed by atoms with van der Waals surface area (Å²) in [5.74, 6) is 4.05. The highest BCUT2D eigenvalue weighted by molar-refractivity contribution is 5.76. The first-order chi connectivity index (χ1) is 14.7. The molecule has 0 saturated heterocycles. The lowest BCUT2D eigenvalue weighted by molar-refractivity contribution is -0.188. The Labute approximate surface area is 191 Å². The number of carboxylic acids is 1. The van der Waals surface area contributed by atoms with Gasteiger partial charge < -0.3 is 9.84 Å². The molecular weight excluding hydrogens is 384 g/mol. The lowest BCUT2D eigenvalue weighted by Crippen LogP contribution is -2.59. The molecule has 31 heavy (non-hydrogen) atoms. The van der Waals surface area contributed by atoms with Crippen molar-refractivity contribution in [2.24, 2.45) is 52.3 Å². The molecule has 0 aromatic carbocycles. The van der Waals surface area contributed by atoms with Crippen molar-refractivity contribution in [3.8, 4) is 0 Å². The van der Waals surface area contributed by atoms with Crippen LogP contribution in [0.1, 0.15) is 105 Å². The Balaban J connectivity index is 1.54. The molecule has 4 aliphatic rings. The third kappa shape index (κ3) is 3.89. The van der Waals surface area contributed by atoms with E-state index in [9.17, 15) is 9.90 Å². The second-order valence-electron chi connectivity index (χ2n) is 12.7. The van der Waals surface area contributed by atoms with E-state index < -0.39 is 11.4 Å². The van der Waals surface area contributed by atoms with Gasteiger partial charge in [0.15, 0.2) is 0 Å². The summed E-state index contributed by atoms with van der Waals surface area (Å²) in [5.41, 5.74) is -0.0928. The van der Waals surface area contributed by atoms with E-state index in [2.05, 4.69) is 27.7 Å². The largest absolute Gasteiger partial charge is 0.481 e. The molecule has 9 atom stereocenters. The summed E-state index contributed by atoms with van der Waals surface area (Å²) in [7, 11) is 1.78. The van der Waals surface area contributed by atoms with Gasteiger partial charge in [-0.2, -0.15) is 0 Å². The fraction of sp³-hybridized carbons (Fsp3) is 0.964. The first-order valence-electron chi connectivity index (χ1n) is 13.5. The fourth-order valence-electron chi connectivity index (χ4n) is 9.52. The van der Waals surface area contributed by atoms with Gasteiger partial charge in [-0.05, 0) is 105 Å². The Morgan fingerprint density at radius 2 is 1.74 bits per heavy atom. The molecule has 0 bridgehead atoms. The molecule has 0 radical (unpaired) electrons. The minimum atomic E-state index is -0.524. The number of rotatable bonds is 7. The van der Waals surface area contributed by atoms with E-state index in [1.54, 1.807) is 7.11 Å². The predicted molar refractivity (Wildman–Crippen MR) is 126 cm³/mol. The summed E-state index contributed by atoms with van der Waals surface area (Å²) in [4.78, 5) is 12.9. The van der Waals surface area contributed by atoms with Crippen LogP contribution in [-0.2, 0) is 9.53 Å². The number of carboxylic acid groups (broad SMARTS) is 1. The second-order valence-corrected chi connectivity index (χ2v) is 12.7. The molecule has 2 unspecified atom stereocenters. The van der Waals surface area contributed by atoms with Crippen LogP contribution in [0.3, 0.4) is 0 Å². The Hall–Kier alpha value is -0.570. The highest BCUT2D eigenvalue weighted by atomic mass is 16.5. The zero-order chi connectivity index (χ0) is 22.4. The zero-order valence-corrected chi connectivity index (χ0v) is 20.9. The third-order valence-corrected chi connectivity index (χ3v) is 11.0. The van der Waals surface area contributed by atoms with Crippen molar-refractivity contribution in [2.45, 2.75) is 111 Å². The summed E-state index contributed by atoms with van der Waals surface area (Å²) in [6.45, 7) is 9.80. The summed E-state index contributed by atoms with van der Waals surface area (Å²) in [6.07, 6.45) is 14.6. The lowest BCUT2D eigenvalue weighted by atomic mass is 9.43. The molecular formula is C28H48O3. The normalized spacial score (nSPS) is 45.6. The van der Waals surface area contributed by atoms with Crippen molar-refractivity contribution in [3.63, 3.8) is 0 Å². The predicted octanol–water partition coefficient (Wildman–Crippen LogP) is 7.19. The van der Waals surface area contributed by atoms with Crippen LogP contribution in [-0.4, -0.2) is 24.3 Å². The zero-order valence-electron chi connectivity index (χ0n) is 20.9. The SMILES string of the molecule is COC1CCC2CC[C@H]3[C@@H]4CC[C@H]([C@H](C)CCCC(C)C)[C@@]4(C)CC[C@@H]3[C@@]2(C(=O)O)C1. The molecule has 1 N–H and O–H groups in total. The van der Waals surface area contributed by atoms with Gasteiger partial charge in [0.2, 0.25) is 0 Å². The first-order valence-corrected chi connectivity index (χ1v) is 13.5. The van der Waals surface area contributed by atoms with Crippen LogP contribution in [0.5, 0.6) is 0 Å². The topological polar surface area (TPSA) is 46.5 Å². The highest BCUT2D eigenvalue weighted by Gasteiger charge is 2.64. The van der Waals surface area contributed by atoms with Gasteiger partial charge in [-0.25, -0.2) is 0 Å². The van der Waals surface area contributed by atoms with Crippen LogP contribution < -0.4 is 0 Å².